The van der Waals surface area contributed by atoms with Crippen LogP contribution in [0.1, 0.15) is 0 Å². The topological polar surface area (TPSA) is 43.1 Å². The van der Waals surface area contributed by atoms with Gasteiger partial charge in [0.05, 0.1) is 17.0 Å². The molecule has 0 saturated carbocycles. The average Bonchev–Trinajstić information content (AvgIpc) is 2.32. The molecule has 0 radical (unpaired) electrons. The van der Waals surface area contributed by atoms with E-state index in [1.54, 1.807) is 12.1 Å². The molecule has 3 rings (SSSR count). The summed E-state index contributed by atoms with van der Waals surface area (Å²) < 4.78 is 6.43. The highest BCUT2D eigenvalue weighted by atomic mass is 79.9. The van der Waals surface area contributed by atoms with E-state index in [2.05, 4.69) is 20.9 Å². The Balaban J connectivity index is 2.58. The number of hydrogen-bond acceptors (Lipinski definition) is 3. The first-order valence-electron chi connectivity index (χ1n) is 4.83. The van der Waals surface area contributed by atoms with E-state index in [1.807, 2.05) is 6.07 Å². The largest absolute Gasteiger partial charge is 0.454 e. The summed E-state index contributed by atoms with van der Waals surface area (Å²) in [5.74, 6) is 0. The number of nitrogens with zero attached hydrogens (tertiary/aromatic N) is 1. The SMILES string of the molecule is O=c1c2cc(Br)ccc2oc2cnc(Cl)cc12. The van der Waals surface area contributed by atoms with E-state index < -0.39 is 0 Å². The molecular weight excluding hydrogens is 305 g/mol. The molecule has 0 aliphatic heterocycles. The average molecular weight is 311 g/mol. The number of aromatic nitrogens is 1. The molecule has 17 heavy (non-hydrogen) atoms. The van der Waals surface area contributed by atoms with E-state index >= 15 is 0 Å². The van der Waals surface area contributed by atoms with Crippen LogP contribution < -0.4 is 5.43 Å². The van der Waals surface area contributed by atoms with Crippen LogP contribution in [0.5, 0.6) is 0 Å². The minimum Gasteiger partial charge on any atom is -0.454 e. The third-order valence-electron chi connectivity index (χ3n) is 2.48. The first-order valence-corrected chi connectivity index (χ1v) is 6.00. The molecular formula is C12H5BrClNO2. The van der Waals surface area contributed by atoms with Crippen molar-refractivity contribution < 1.29 is 4.42 Å². The van der Waals surface area contributed by atoms with E-state index in [4.69, 9.17) is 16.0 Å². The second-order valence-corrected chi connectivity index (χ2v) is 4.88. The lowest BCUT2D eigenvalue weighted by Crippen LogP contribution is -2.02. The van der Waals surface area contributed by atoms with Crippen molar-refractivity contribution in [2.75, 3.05) is 0 Å². The number of halogens is 2. The fraction of sp³-hybridized carbons (Fsp3) is 0. The molecule has 2 aromatic heterocycles. The quantitative estimate of drug-likeness (QED) is 0.469. The van der Waals surface area contributed by atoms with Crippen molar-refractivity contribution in [1.29, 1.82) is 0 Å². The zero-order valence-corrected chi connectivity index (χ0v) is 10.7. The Morgan fingerprint density at radius 3 is 2.76 bits per heavy atom. The lowest BCUT2D eigenvalue weighted by atomic mass is 10.2. The molecule has 0 spiro atoms. The summed E-state index contributed by atoms with van der Waals surface area (Å²) in [7, 11) is 0. The molecule has 0 aliphatic carbocycles. The third kappa shape index (κ3) is 1.73. The van der Waals surface area contributed by atoms with Gasteiger partial charge in [-0.25, -0.2) is 4.98 Å². The van der Waals surface area contributed by atoms with E-state index in [9.17, 15) is 4.79 Å². The predicted molar refractivity (Wildman–Crippen MR) is 70.5 cm³/mol. The van der Waals surface area contributed by atoms with E-state index in [-0.39, 0.29) is 10.6 Å². The van der Waals surface area contributed by atoms with Crippen molar-refractivity contribution in [3.05, 3.63) is 50.3 Å². The highest BCUT2D eigenvalue weighted by Crippen LogP contribution is 2.22. The predicted octanol–water partition coefficient (Wildman–Crippen LogP) is 3.76. The molecule has 0 amide bonds. The van der Waals surface area contributed by atoms with E-state index in [0.717, 1.165) is 4.47 Å². The van der Waals surface area contributed by atoms with Gasteiger partial charge in [0, 0.05) is 4.47 Å². The number of hydrogen-bond donors (Lipinski definition) is 0. The molecule has 3 nitrogen and oxygen atoms in total. The van der Waals surface area contributed by atoms with Gasteiger partial charge in [-0.05, 0) is 24.3 Å². The van der Waals surface area contributed by atoms with Crippen molar-refractivity contribution in [2.24, 2.45) is 0 Å². The Hall–Kier alpha value is -1.39. The van der Waals surface area contributed by atoms with Gasteiger partial charge in [0.1, 0.15) is 10.7 Å². The van der Waals surface area contributed by atoms with Gasteiger partial charge in [0.15, 0.2) is 5.58 Å². The zero-order valence-electron chi connectivity index (χ0n) is 8.41. The Labute approximate surface area is 109 Å². The summed E-state index contributed by atoms with van der Waals surface area (Å²) in [5.41, 5.74) is 0.871. The maximum atomic E-state index is 12.2. The van der Waals surface area contributed by atoms with Crippen LogP contribution in [0.2, 0.25) is 5.15 Å². The lowest BCUT2D eigenvalue weighted by molar-refractivity contribution is 0.657. The van der Waals surface area contributed by atoms with Gasteiger partial charge in [-0.1, -0.05) is 27.5 Å². The summed E-state index contributed by atoms with van der Waals surface area (Å²) in [6.45, 7) is 0. The van der Waals surface area contributed by atoms with Gasteiger partial charge in [0.2, 0.25) is 5.43 Å². The van der Waals surface area contributed by atoms with E-state index in [1.165, 1.54) is 12.3 Å². The minimum atomic E-state index is -0.105. The molecule has 0 saturated heterocycles. The first-order chi connectivity index (χ1) is 8.15. The number of fused-ring (bicyclic) bond motifs is 2. The summed E-state index contributed by atoms with van der Waals surface area (Å²) >= 11 is 9.10. The Morgan fingerprint density at radius 1 is 1.18 bits per heavy atom. The second kappa shape index (κ2) is 3.82. The van der Waals surface area contributed by atoms with Crippen LogP contribution in [0, 0.1) is 0 Å². The molecule has 0 N–H and O–H groups in total. The molecule has 3 aromatic rings. The summed E-state index contributed by atoms with van der Waals surface area (Å²) in [5, 5.41) is 1.24. The van der Waals surface area contributed by atoms with Crippen LogP contribution in [0.3, 0.4) is 0 Å². The Bertz CT molecular complexity index is 734. The third-order valence-corrected chi connectivity index (χ3v) is 3.18. The minimum absolute atomic E-state index is 0.105. The van der Waals surface area contributed by atoms with Crippen LogP contribution in [-0.4, -0.2) is 4.98 Å². The molecule has 0 aliphatic rings. The van der Waals surface area contributed by atoms with Gasteiger partial charge in [-0.15, -0.1) is 0 Å². The van der Waals surface area contributed by atoms with Gasteiger partial charge in [-0.2, -0.15) is 0 Å². The fourth-order valence-corrected chi connectivity index (χ4v) is 2.23. The Kier molecular flexibility index (Phi) is 2.42. The lowest BCUT2D eigenvalue weighted by Gasteiger charge is -2.01. The van der Waals surface area contributed by atoms with Crippen molar-refractivity contribution in [3.8, 4) is 0 Å². The van der Waals surface area contributed by atoms with Gasteiger partial charge >= 0.3 is 0 Å². The fourth-order valence-electron chi connectivity index (χ4n) is 1.71. The number of rotatable bonds is 0. The normalized spacial score (nSPS) is 11.2. The maximum absolute atomic E-state index is 12.2. The van der Waals surface area contributed by atoms with Crippen molar-refractivity contribution >= 4 is 49.5 Å². The van der Waals surface area contributed by atoms with Crippen LogP contribution in [0.15, 0.2) is 44.1 Å². The molecule has 1 aromatic carbocycles. The highest BCUT2D eigenvalue weighted by molar-refractivity contribution is 9.10. The molecule has 0 atom stereocenters. The first kappa shape index (κ1) is 10.7. The van der Waals surface area contributed by atoms with Gasteiger partial charge < -0.3 is 4.42 Å². The van der Waals surface area contributed by atoms with Crippen LogP contribution in [0.4, 0.5) is 0 Å². The zero-order chi connectivity index (χ0) is 12.0. The molecule has 5 heteroatoms. The van der Waals surface area contributed by atoms with Crippen LogP contribution in [-0.2, 0) is 0 Å². The molecule has 2 heterocycles. The second-order valence-electron chi connectivity index (χ2n) is 3.57. The monoisotopic (exact) mass is 309 g/mol. The molecule has 84 valence electrons. The smallest absolute Gasteiger partial charge is 0.200 e. The van der Waals surface area contributed by atoms with Gasteiger partial charge in [-0.3, -0.25) is 4.79 Å². The van der Waals surface area contributed by atoms with Crippen LogP contribution in [0.25, 0.3) is 21.9 Å². The highest BCUT2D eigenvalue weighted by Gasteiger charge is 2.08. The van der Waals surface area contributed by atoms with Crippen molar-refractivity contribution in [2.45, 2.75) is 0 Å². The molecule has 0 unspecified atom stereocenters. The number of benzene rings is 1. The van der Waals surface area contributed by atoms with Crippen molar-refractivity contribution in [1.82, 2.24) is 4.98 Å². The maximum Gasteiger partial charge on any atom is 0.200 e. The van der Waals surface area contributed by atoms with Crippen LogP contribution >= 0.6 is 27.5 Å². The van der Waals surface area contributed by atoms with E-state index in [0.29, 0.717) is 21.9 Å². The standard InChI is InChI=1S/C12H5BrClNO2/c13-6-1-2-9-7(3-6)12(16)8-4-11(14)15-5-10(8)17-9/h1-5H. The summed E-state index contributed by atoms with van der Waals surface area (Å²) in [6, 6.07) is 6.81. The molecule has 0 bridgehead atoms. The number of pyridine rings is 1. The Morgan fingerprint density at radius 2 is 1.94 bits per heavy atom. The summed E-state index contributed by atoms with van der Waals surface area (Å²) in [6.07, 6.45) is 1.46. The molecule has 0 fully saturated rings. The van der Waals surface area contributed by atoms with Gasteiger partial charge in [0.25, 0.3) is 0 Å². The summed E-state index contributed by atoms with van der Waals surface area (Å²) in [4.78, 5) is 16.1. The van der Waals surface area contributed by atoms with Crippen molar-refractivity contribution in [3.63, 3.8) is 0 Å².